The van der Waals surface area contributed by atoms with E-state index in [1.807, 2.05) is 92.7 Å². The number of nitrogens with zero attached hydrogens (tertiary/aromatic N) is 1. The summed E-state index contributed by atoms with van der Waals surface area (Å²) in [6.45, 7) is 5.10. The van der Waals surface area contributed by atoms with E-state index in [4.69, 9.17) is 23.4 Å². The van der Waals surface area contributed by atoms with Gasteiger partial charge < -0.3 is 23.4 Å². The second kappa shape index (κ2) is 14.4. The predicted octanol–water partition coefficient (Wildman–Crippen LogP) is 6.50. The second-order valence-corrected chi connectivity index (χ2v) is 10.1. The first-order chi connectivity index (χ1) is 17.5. The average molecular weight is 512 g/mol. The van der Waals surface area contributed by atoms with Crippen molar-refractivity contribution < 1.29 is 27.9 Å². The molecule has 0 saturated heterocycles. The first kappa shape index (κ1) is 27.5. The number of ether oxygens (including phenoxy) is 2. The van der Waals surface area contributed by atoms with Gasteiger partial charge in [-0.3, -0.25) is 4.57 Å². The molecule has 0 bridgehead atoms. The van der Waals surface area contributed by atoms with Crippen LogP contribution in [0.4, 0.5) is 0 Å². The minimum Gasteiger partial charge on any atom is -0.489 e. The van der Waals surface area contributed by atoms with Crippen LogP contribution in [-0.2, 0) is 31.5 Å². The van der Waals surface area contributed by atoms with Crippen LogP contribution in [0.2, 0.25) is 0 Å². The smallest absolute Gasteiger partial charge is 0.330 e. The molecule has 0 aromatic heterocycles. The van der Waals surface area contributed by atoms with E-state index in [0.717, 1.165) is 28.2 Å². The van der Waals surface area contributed by atoms with Crippen molar-refractivity contribution in [3.05, 3.63) is 95.6 Å². The highest BCUT2D eigenvalue weighted by Crippen LogP contribution is 2.48. The Labute approximate surface area is 213 Å². The van der Waals surface area contributed by atoms with Crippen molar-refractivity contribution in [3.8, 4) is 11.5 Å². The maximum atomic E-state index is 12.6. The predicted molar refractivity (Wildman–Crippen MR) is 142 cm³/mol. The molecule has 8 heteroatoms. The quantitative estimate of drug-likeness (QED) is 0.132. The summed E-state index contributed by atoms with van der Waals surface area (Å²) in [4.78, 5) is 4.96. The summed E-state index contributed by atoms with van der Waals surface area (Å²) >= 11 is 0. The molecule has 0 aliphatic rings. The Morgan fingerprint density at radius 1 is 0.778 bits per heavy atom. The van der Waals surface area contributed by atoms with E-state index in [1.165, 1.54) is 7.11 Å². The summed E-state index contributed by atoms with van der Waals surface area (Å²) in [7, 11) is -1.52. The largest absolute Gasteiger partial charge is 0.489 e. The van der Waals surface area contributed by atoms with Crippen LogP contribution >= 0.6 is 7.60 Å². The molecular formula is C28H34NO6P. The summed E-state index contributed by atoms with van der Waals surface area (Å²) in [5, 5.41) is 4.08. The maximum absolute atomic E-state index is 12.6. The Morgan fingerprint density at radius 3 is 1.94 bits per heavy atom. The minimum atomic E-state index is -3.04. The van der Waals surface area contributed by atoms with Crippen LogP contribution < -0.4 is 9.47 Å². The molecule has 0 radical (unpaired) electrons. The number of hydrogen-bond donors (Lipinski definition) is 0. The fourth-order valence-electron chi connectivity index (χ4n) is 3.48. The zero-order chi connectivity index (χ0) is 25.6. The van der Waals surface area contributed by atoms with E-state index >= 15 is 0 Å². The molecular weight excluding hydrogens is 477 g/mol. The van der Waals surface area contributed by atoms with Crippen LogP contribution in [0.5, 0.6) is 11.5 Å². The monoisotopic (exact) mass is 511 g/mol. The van der Waals surface area contributed by atoms with Gasteiger partial charge in [0.15, 0.2) is 0 Å². The molecule has 0 amide bonds. The van der Waals surface area contributed by atoms with Crippen LogP contribution in [0.15, 0.2) is 84.0 Å². The number of rotatable bonds is 15. The van der Waals surface area contributed by atoms with E-state index in [-0.39, 0.29) is 0 Å². The highest BCUT2D eigenvalue weighted by molar-refractivity contribution is 7.53. The molecule has 0 unspecified atom stereocenters. The van der Waals surface area contributed by atoms with Crippen molar-refractivity contribution in [2.75, 3.05) is 33.1 Å². The fraction of sp³-hybridized carbons (Fsp3) is 0.321. The summed E-state index contributed by atoms with van der Waals surface area (Å²) in [6.07, 6.45) is 0.966. The molecule has 3 rings (SSSR count). The first-order valence-corrected chi connectivity index (χ1v) is 13.7. The van der Waals surface area contributed by atoms with Gasteiger partial charge in [0.2, 0.25) is 0 Å². The van der Waals surface area contributed by atoms with E-state index in [1.54, 1.807) is 0 Å². The number of benzene rings is 3. The summed E-state index contributed by atoms with van der Waals surface area (Å²) in [5.74, 6) is 1.50. The Hall–Kier alpha value is -3.12. The SMILES string of the molecule is CCOP(=O)(CCc1ccc(OCc2ccc(OC/C(=N\OC)c3ccccc3)cc2)cc1)OCC. The van der Waals surface area contributed by atoms with Crippen LogP contribution in [0.3, 0.4) is 0 Å². The zero-order valence-electron chi connectivity index (χ0n) is 21.1. The minimum absolute atomic E-state index is 0.296. The summed E-state index contributed by atoms with van der Waals surface area (Å²) in [6, 6.07) is 25.3. The van der Waals surface area contributed by atoms with E-state index < -0.39 is 7.60 Å². The maximum Gasteiger partial charge on any atom is 0.330 e. The Bertz CT molecular complexity index is 1110. The van der Waals surface area contributed by atoms with Crippen LogP contribution in [-0.4, -0.2) is 38.8 Å². The van der Waals surface area contributed by atoms with E-state index in [0.29, 0.717) is 44.7 Å². The molecule has 0 atom stereocenters. The number of aryl methyl sites for hydroxylation is 1. The second-order valence-electron chi connectivity index (χ2n) is 7.87. The molecule has 0 heterocycles. The van der Waals surface area contributed by atoms with Crippen molar-refractivity contribution in [2.24, 2.45) is 5.16 Å². The lowest BCUT2D eigenvalue weighted by atomic mass is 10.1. The third-order valence-corrected chi connectivity index (χ3v) is 7.34. The van der Waals surface area contributed by atoms with Gasteiger partial charge in [0.25, 0.3) is 0 Å². The van der Waals surface area contributed by atoms with Gasteiger partial charge >= 0.3 is 7.60 Å². The van der Waals surface area contributed by atoms with Crippen molar-refractivity contribution in [2.45, 2.75) is 26.9 Å². The van der Waals surface area contributed by atoms with E-state index in [2.05, 4.69) is 5.16 Å². The molecule has 0 saturated carbocycles. The number of hydrogen-bond acceptors (Lipinski definition) is 7. The first-order valence-electron chi connectivity index (χ1n) is 12.0. The van der Waals surface area contributed by atoms with Gasteiger partial charge in [0.05, 0.1) is 19.4 Å². The zero-order valence-corrected chi connectivity index (χ0v) is 22.0. The van der Waals surface area contributed by atoms with Crippen molar-refractivity contribution in [1.82, 2.24) is 0 Å². The third kappa shape index (κ3) is 8.83. The molecule has 7 nitrogen and oxygen atoms in total. The molecule has 36 heavy (non-hydrogen) atoms. The van der Waals surface area contributed by atoms with Crippen LogP contribution in [0.1, 0.15) is 30.5 Å². The topological polar surface area (TPSA) is 75.6 Å². The van der Waals surface area contributed by atoms with Crippen molar-refractivity contribution in [3.63, 3.8) is 0 Å². The molecule has 0 spiro atoms. The van der Waals surface area contributed by atoms with Crippen LogP contribution in [0, 0.1) is 0 Å². The fourth-order valence-corrected chi connectivity index (χ4v) is 5.13. The summed E-state index contributed by atoms with van der Waals surface area (Å²) < 4.78 is 35.1. The van der Waals surface area contributed by atoms with Gasteiger partial charge in [0.1, 0.15) is 37.5 Å². The molecule has 0 fully saturated rings. The highest BCUT2D eigenvalue weighted by atomic mass is 31.2. The molecule has 0 aliphatic heterocycles. The Balaban J connectivity index is 1.47. The van der Waals surface area contributed by atoms with Crippen molar-refractivity contribution >= 4 is 13.3 Å². The standard InChI is InChI=1S/C28H34NO6P/c1-4-34-36(30,35-5-2)20-19-23-11-15-26(16-12-23)32-21-24-13-17-27(18-14-24)33-22-28(29-31-3)25-9-7-6-8-10-25/h6-18H,4-5,19-22H2,1-3H3/b29-28+. The molecule has 3 aromatic carbocycles. The van der Waals surface area contributed by atoms with Gasteiger partial charge in [-0.25, -0.2) is 0 Å². The van der Waals surface area contributed by atoms with Crippen LogP contribution in [0.25, 0.3) is 0 Å². The average Bonchev–Trinajstić information content (AvgIpc) is 2.91. The Kier molecular flexibility index (Phi) is 11.0. The highest BCUT2D eigenvalue weighted by Gasteiger charge is 2.22. The van der Waals surface area contributed by atoms with Gasteiger partial charge in [-0.2, -0.15) is 0 Å². The molecule has 0 N–H and O–H groups in total. The lowest BCUT2D eigenvalue weighted by Gasteiger charge is -2.16. The van der Waals surface area contributed by atoms with Gasteiger partial charge in [-0.1, -0.05) is 59.8 Å². The normalized spacial score (nSPS) is 11.8. The van der Waals surface area contributed by atoms with Crippen molar-refractivity contribution in [1.29, 1.82) is 0 Å². The third-order valence-electron chi connectivity index (χ3n) is 5.26. The lowest BCUT2D eigenvalue weighted by Crippen LogP contribution is -2.13. The molecule has 3 aromatic rings. The molecule has 0 aliphatic carbocycles. The molecule has 192 valence electrons. The van der Waals surface area contributed by atoms with E-state index in [9.17, 15) is 4.57 Å². The Morgan fingerprint density at radius 2 is 1.36 bits per heavy atom. The van der Waals surface area contributed by atoms with Gasteiger partial charge in [-0.15, -0.1) is 0 Å². The van der Waals surface area contributed by atoms with Gasteiger partial charge in [0, 0.05) is 5.56 Å². The lowest BCUT2D eigenvalue weighted by molar-refractivity contribution is 0.210. The van der Waals surface area contributed by atoms with Gasteiger partial charge in [-0.05, 0) is 55.7 Å². The number of oxime groups is 1. The summed E-state index contributed by atoms with van der Waals surface area (Å²) in [5.41, 5.74) is 3.74.